The molecule has 0 saturated carbocycles. The van der Waals surface area contributed by atoms with Gasteiger partial charge in [0.2, 0.25) is 0 Å². The Bertz CT molecular complexity index is 827. The van der Waals surface area contributed by atoms with Gasteiger partial charge in [-0.1, -0.05) is 23.5 Å². The number of hydrogen-bond acceptors (Lipinski definition) is 7. The first-order chi connectivity index (χ1) is 10.2. The molecule has 0 bridgehead atoms. The summed E-state index contributed by atoms with van der Waals surface area (Å²) in [7, 11) is -4.11. The van der Waals surface area contributed by atoms with E-state index in [9.17, 15) is 18.0 Å². The van der Waals surface area contributed by atoms with Crippen LogP contribution in [0.5, 0.6) is 0 Å². The second-order valence-electron chi connectivity index (χ2n) is 3.95. The Labute approximate surface area is 128 Å². The number of nitrogen functional groups attached to an aromatic ring is 1. The maximum Gasteiger partial charge on any atom is 0.356 e. The fourth-order valence-corrected chi connectivity index (χ4v) is 3.71. The molecule has 0 unspecified atom stereocenters. The van der Waals surface area contributed by atoms with E-state index in [0.717, 1.165) is 0 Å². The number of nitrogens with one attached hydrogen (secondary N) is 1. The molecule has 116 valence electrons. The molecule has 0 aliphatic heterocycles. The summed E-state index contributed by atoms with van der Waals surface area (Å²) in [6, 6.07) is 5.63. The fraction of sp³-hybridized carbons (Fsp3) is 0. The van der Waals surface area contributed by atoms with Crippen LogP contribution in [-0.2, 0) is 10.0 Å². The molecule has 0 spiro atoms. The molecule has 11 heteroatoms. The largest absolute Gasteiger partial charge is 0.477 e. The molecule has 22 heavy (non-hydrogen) atoms. The zero-order valence-corrected chi connectivity index (χ0v) is 12.3. The highest BCUT2D eigenvalue weighted by Crippen LogP contribution is 2.27. The number of carboxylic acid groups (broad SMARTS) is 2. The lowest BCUT2D eigenvalue weighted by atomic mass is 10.3. The minimum Gasteiger partial charge on any atom is -0.477 e. The summed E-state index contributed by atoms with van der Waals surface area (Å²) in [6.45, 7) is 0. The molecule has 0 atom stereocenters. The van der Waals surface area contributed by atoms with Crippen LogP contribution in [0.2, 0.25) is 0 Å². The van der Waals surface area contributed by atoms with Crippen molar-refractivity contribution in [3.63, 3.8) is 0 Å². The van der Waals surface area contributed by atoms with Gasteiger partial charge in [0.25, 0.3) is 10.0 Å². The molecule has 2 aromatic rings. The van der Waals surface area contributed by atoms with Crippen molar-refractivity contribution < 1.29 is 28.2 Å². The van der Waals surface area contributed by atoms with E-state index in [1.807, 2.05) is 4.72 Å². The van der Waals surface area contributed by atoms with E-state index < -0.39 is 32.5 Å². The lowest BCUT2D eigenvalue weighted by molar-refractivity contribution is 0.0651. The third kappa shape index (κ3) is 2.99. The molecule has 1 heterocycles. The number of thiazole rings is 1. The summed E-state index contributed by atoms with van der Waals surface area (Å²) in [6.07, 6.45) is 0. The molecule has 0 aliphatic rings. The number of aromatic carboxylic acids is 2. The number of sulfonamides is 1. The van der Waals surface area contributed by atoms with E-state index in [1.54, 1.807) is 6.07 Å². The van der Waals surface area contributed by atoms with Crippen LogP contribution in [0.4, 0.5) is 10.8 Å². The van der Waals surface area contributed by atoms with Gasteiger partial charge in [-0.15, -0.1) is 0 Å². The Morgan fingerprint density at radius 1 is 1.18 bits per heavy atom. The van der Waals surface area contributed by atoms with Crippen molar-refractivity contribution in [1.29, 1.82) is 0 Å². The second-order valence-corrected chi connectivity index (χ2v) is 6.60. The molecule has 1 aromatic heterocycles. The zero-order valence-electron chi connectivity index (χ0n) is 10.7. The Balaban J connectivity index is 2.43. The van der Waals surface area contributed by atoms with Crippen LogP contribution in [0.25, 0.3) is 0 Å². The smallest absolute Gasteiger partial charge is 0.356 e. The summed E-state index contributed by atoms with van der Waals surface area (Å²) in [5.74, 6) is -3.09. The molecule has 9 nitrogen and oxygen atoms in total. The van der Waals surface area contributed by atoms with Gasteiger partial charge in [0.1, 0.15) is 9.77 Å². The number of carbonyl (C=O) groups is 2. The summed E-state index contributed by atoms with van der Waals surface area (Å²) >= 11 is 0.401. The van der Waals surface area contributed by atoms with E-state index in [0.29, 0.717) is 11.3 Å². The molecule has 2 rings (SSSR count). The summed E-state index contributed by atoms with van der Waals surface area (Å²) in [4.78, 5) is 24.5. The molecule has 1 aromatic carbocycles. The number of carboxylic acids is 2. The number of anilines is 2. The highest BCUT2D eigenvalue weighted by atomic mass is 32.2. The van der Waals surface area contributed by atoms with Gasteiger partial charge in [-0.05, 0) is 12.1 Å². The molecular weight excluding hydrogens is 334 g/mol. The molecule has 0 fully saturated rings. The molecular formula is C11H9N3O6S2. The quantitative estimate of drug-likeness (QED) is 0.583. The number of hydrogen-bond donors (Lipinski definition) is 4. The van der Waals surface area contributed by atoms with Gasteiger partial charge < -0.3 is 15.9 Å². The van der Waals surface area contributed by atoms with Crippen LogP contribution >= 0.6 is 11.3 Å². The van der Waals surface area contributed by atoms with Gasteiger partial charge >= 0.3 is 11.9 Å². The fourth-order valence-electron chi connectivity index (χ4n) is 1.55. The second kappa shape index (κ2) is 5.61. The Hall–Kier alpha value is -2.66. The topological polar surface area (TPSA) is 160 Å². The highest BCUT2D eigenvalue weighted by molar-refractivity contribution is 7.93. The van der Waals surface area contributed by atoms with Gasteiger partial charge in [0, 0.05) is 0 Å². The maximum atomic E-state index is 12.2. The first kappa shape index (κ1) is 15.7. The highest BCUT2D eigenvalue weighted by Gasteiger charge is 2.25. The van der Waals surface area contributed by atoms with Crippen molar-refractivity contribution in [2.75, 3.05) is 10.5 Å². The average molecular weight is 343 g/mol. The number of rotatable bonds is 5. The van der Waals surface area contributed by atoms with Crippen molar-refractivity contribution in [3.05, 3.63) is 34.8 Å². The predicted octanol–water partition coefficient (Wildman–Crippen LogP) is 0.923. The van der Waals surface area contributed by atoms with Crippen LogP contribution in [0.1, 0.15) is 20.2 Å². The van der Waals surface area contributed by atoms with Gasteiger partial charge in [-0.25, -0.2) is 23.0 Å². The number of nitrogens with two attached hydrogens (primary N) is 1. The Morgan fingerprint density at radius 2 is 1.82 bits per heavy atom. The number of para-hydroxylation sites is 1. The van der Waals surface area contributed by atoms with Gasteiger partial charge in [-0.3, -0.25) is 4.72 Å². The summed E-state index contributed by atoms with van der Waals surface area (Å²) in [5.41, 5.74) is 4.82. The average Bonchev–Trinajstić information content (AvgIpc) is 2.82. The number of benzene rings is 1. The van der Waals surface area contributed by atoms with Crippen LogP contribution < -0.4 is 10.5 Å². The van der Waals surface area contributed by atoms with Gasteiger partial charge in [0.15, 0.2) is 10.8 Å². The van der Waals surface area contributed by atoms with Gasteiger partial charge in [0.05, 0.1) is 5.69 Å². The van der Waals surface area contributed by atoms with Crippen molar-refractivity contribution in [3.8, 4) is 0 Å². The van der Waals surface area contributed by atoms with Crippen molar-refractivity contribution in [2.45, 2.75) is 4.90 Å². The maximum absolute atomic E-state index is 12.2. The summed E-state index contributed by atoms with van der Waals surface area (Å²) in [5, 5.41) is 17.4. The van der Waals surface area contributed by atoms with Gasteiger partial charge in [-0.2, -0.15) is 0 Å². The van der Waals surface area contributed by atoms with Crippen molar-refractivity contribution >= 4 is 44.1 Å². The molecule has 0 aliphatic carbocycles. The lowest BCUT2D eigenvalue weighted by Crippen LogP contribution is -2.14. The first-order valence-electron chi connectivity index (χ1n) is 5.57. The standard InChI is InChI=1S/C11H9N3O6S2/c12-5-3-1-2-4-6(5)22(19,20)14-11-13-7(9(15)16)8(21-11)10(17)18/h1-4H,12H2,(H,13,14)(H,15,16)(H,17,18). The monoisotopic (exact) mass is 343 g/mol. The van der Waals surface area contributed by atoms with E-state index >= 15 is 0 Å². The third-order valence-electron chi connectivity index (χ3n) is 2.45. The van der Waals surface area contributed by atoms with E-state index in [1.165, 1.54) is 18.2 Å². The molecule has 0 radical (unpaired) electrons. The Morgan fingerprint density at radius 3 is 2.32 bits per heavy atom. The van der Waals surface area contributed by atoms with Crippen molar-refractivity contribution in [1.82, 2.24) is 4.98 Å². The minimum atomic E-state index is -4.11. The molecule has 0 amide bonds. The summed E-state index contributed by atoms with van der Waals surface area (Å²) < 4.78 is 26.3. The van der Waals surface area contributed by atoms with Crippen LogP contribution in [0, 0.1) is 0 Å². The lowest BCUT2D eigenvalue weighted by Gasteiger charge is -2.07. The number of aromatic nitrogens is 1. The predicted molar refractivity (Wildman–Crippen MR) is 77.7 cm³/mol. The normalized spacial score (nSPS) is 11.1. The van der Waals surface area contributed by atoms with Crippen LogP contribution in [0.3, 0.4) is 0 Å². The van der Waals surface area contributed by atoms with Crippen LogP contribution in [-0.4, -0.2) is 35.6 Å². The third-order valence-corrected chi connectivity index (χ3v) is 4.96. The zero-order chi connectivity index (χ0) is 16.5. The van der Waals surface area contributed by atoms with Crippen molar-refractivity contribution in [2.24, 2.45) is 0 Å². The Kier molecular flexibility index (Phi) is 4.01. The van der Waals surface area contributed by atoms with E-state index in [2.05, 4.69) is 4.98 Å². The molecule has 0 saturated heterocycles. The molecule has 5 N–H and O–H groups in total. The van der Waals surface area contributed by atoms with E-state index in [4.69, 9.17) is 15.9 Å². The van der Waals surface area contributed by atoms with E-state index in [-0.39, 0.29) is 15.7 Å². The first-order valence-corrected chi connectivity index (χ1v) is 7.87. The SMILES string of the molecule is Nc1ccccc1S(=O)(=O)Nc1nc(C(=O)O)c(C(=O)O)s1. The minimum absolute atomic E-state index is 0.0107. The number of nitrogens with zero attached hydrogens (tertiary/aromatic N) is 1. The van der Waals surface area contributed by atoms with Crippen LogP contribution in [0.15, 0.2) is 29.2 Å².